The summed E-state index contributed by atoms with van der Waals surface area (Å²) in [5, 5.41) is 15.8. The predicted octanol–water partition coefficient (Wildman–Crippen LogP) is 2.83. The molecule has 1 aromatic rings. The lowest BCUT2D eigenvalue weighted by Gasteiger charge is -2.64. The Labute approximate surface area is 224 Å². The van der Waals surface area contributed by atoms with E-state index in [2.05, 4.69) is 24.1 Å². The smallest absolute Gasteiger partial charge is 0.335 e. The van der Waals surface area contributed by atoms with Crippen molar-refractivity contribution in [3.63, 3.8) is 0 Å². The number of nitrogens with zero attached hydrogens (tertiary/aromatic N) is 1. The second-order valence-electron chi connectivity index (χ2n) is 13.6. The number of ether oxygens (including phenoxy) is 2. The standard InChI is InChI=1S/C30H42N2O6/c1-18(33)37-25-24(19-4-5-23(34)36-17-19)28(3)10-7-21-22(30(28)26(25)38-30)8-11-29(35)16-20(6-9-27(21,29)2)32-14-12-31-13-15-32/h4-5,17,20-22,24-26,31,35H,6-16H2,1-3H3/t20-,21-,22+,24-,25+,26+,27+,28+,29-,30+/m0/s1. The fourth-order valence-electron chi connectivity index (χ4n) is 10.5. The number of piperazine rings is 1. The van der Waals surface area contributed by atoms with Crippen molar-refractivity contribution in [2.45, 2.75) is 101 Å². The monoisotopic (exact) mass is 526 g/mol. The molecule has 7 rings (SSSR count). The molecule has 8 heteroatoms. The lowest BCUT2D eigenvalue weighted by atomic mass is 9.42. The number of fused-ring (bicyclic) bond motifs is 3. The number of rotatable bonds is 3. The van der Waals surface area contributed by atoms with Crippen LogP contribution in [0.4, 0.5) is 0 Å². The summed E-state index contributed by atoms with van der Waals surface area (Å²) in [5.74, 6) is 0.283. The first kappa shape index (κ1) is 25.2. The van der Waals surface area contributed by atoms with Gasteiger partial charge in [-0.3, -0.25) is 9.69 Å². The zero-order chi connectivity index (χ0) is 26.5. The van der Waals surface area contributed by atoms with E-state index in [9.17, 15) is 14.7 Å². The molecule has 2 aliphatic heterocycles. The van der Waals surface area contributed by atoms with Crippen molar-refractivity contribution in [1.29, 1.82) is 0 Å². The third kappa shape index (κ3) is 3.23. The zero-order valence-corrected chi connectivity index (χ0v) is 22.9. The molecule has 0 aromatic carbocycles. The molecule has 2 N–H and O–H groups in total. The average molecular weight is 527 g/mol. The lowest BCUT2D eigenvalue weighted by Crippen LogP contribution is -2.66. The van der Waals surface area contributed by atoms with Crippen LogP contribution in [0, 0.1) is 22.7 Å². The lowest BCUT2D eigenvalue weighted by molar-refractivity contribution is -0.220. The van der Waals surface area contributed by atoms with Crippen LogP contribution in [0.2, 0.25) is 0 Å². The maximum absolute atomic E-state index is 12.3. The van der Waals surface area contributed by atoms with Gasteiger partial charge >= 0.3 is 11.6 Å². The Balaban J connectivity index is 1.21. The molecule has 10 atom stereocenters. The molecular weight excluding hydrogens is 484 g/mol. The average Bonchev–Trinajstić information content (AvgIpc) is 3.60. The molecule has 2 saturated heterocycles. The maximum atomic E-state index is 12.3. The first-order valence-corrected chi connectivity index (χ1v) is 14.7. The van der Waals surface area contributed by atoms with Crippen LogP contribution in [0.3, 0.4) is 0 Å². The van der Waals surface area contributed by atoms with Crippen molar-refractivity contribution in [2.24, 2.45) is 22.7 Å². The van der Waals surface area contributed by atoms with Gasteiger partial charge in [0.05, 0.1) is 11.9 Å². The molecule has 1 aromatic heterocycles. The molecule has 0 unspecified atom stereocenters. The maximum Gasteiger partial charge on any atom is 0.335 e. The topological polar surface area (TPSA) is 105 Å². The van der Waals surface area contributed by atoms with E-state index in [-0.39, 0.29) is 40.0 Å². The summed E-state index contributed by atoms with van der Waals surface area (Å²) in [7, 11) is 0. The Bertz CT molecular complexity index is 1160. The van der Waals surface area contributed by atoms with Crippen LogP contribution in [-0.4, -0.2) is 71.6 Å². The quantitative estimate of drug-likeness (QED) is 0.458. The zero-order valence-electron chi connectivity index (χ0n) is 22.9. The fourth-order valence-corrected chi connectivity index (χ4v) is 10.5. The molecule has 0 bridgehead atoms. The number of carbonyl (C=O) groups excluding carboxylic acids is 1. The van der Waals surface area contributed by atoms with Crippen LogP contribution in [-0.2, 0) is 14.3 Å². The van der Waals surface area contributed by atoms with Gasteiger partial charge in [0, 0.05) is 56.5 Å². The molecule has 4 aliphatic carbocycles. The first-order valence-electron chi connectivity index (χ1n) is 14.7. The molecule has 6 fully saturated rings. The van der Waals surface area contributed by atoms with E-state index in [1.807, 2.05) is 6.07 Å². The van der Waals surface area contributed by atoms with Gasteiger partial charge in [-0.05, 0) is 73.8 Å². The van der Waals surface area contributed by atoms with Crippen molar-refractivity contribution in [3.8, 4) is 0 Å². The largest absolute Gasteiger partial charge is 0.459 e. The highest BCUT2D eigenvalue weighted by Crippen LogP contribution is 2.78. The Morgan fingerprint density at radius 2 is 1.82 bits per heavy atom. The van der Waals surface area contributed by atoms with E-state index in [4.69, 9.17) is 13.9 Å². The summed E-state index contributed by atoms with van der Waals surface area (Å²) in [6, 6.07) is 3.76. The van der Waals surface area contributed by atoms with Crippen LogP contribution < -0.4 is 10.9 Å². The van der Waals surface area contributed by atoms with E-state index < -0.39 is 11.7 Å². The third-order valence-corrected chi connectivity index (χ3v) is 12.3. The second kappa shape index (κ2) is 8.38. The van der Waals surface area contributed by atoms with Gasteiger partial charge in [0.25, 0.3) is 0 Å². The van der Waals surface area contributed by atoms with Gasteiger partial charge in [-0.25, -0.2) is 4.79 Å². The molecule has 3 heterocycles. The highest BCUT2D eigenvalue weighted by atomic mass is 16.7. The predicted molar refractivity (Wildman–Crippen MR) is 140 cm³/mol. The third-order valence-electron chi connectivity index (χ3n) is 12.3. The molecule has 0 radical (unpaired) electrons. The van der Waals surface area contributed by atoms with Crippen LogP contribution in [0.1, 0.15) is 77.2 Å². The second-order valence-corrected chi connectivity index (χ2v) is 13.6. The molecule has 38 heavy (non-hydrogen) atoms. The van der Waals surface area contributed by atoms with Crippen molar-refractivity contribution < 1.29 is 23.8 Å². The molecule has 1 spiro atoms. The summed E-state index contributed by atoms with van der Waals surface area (Å²) in [4.78, 5) is 26.6. The molecule has 4 saturated carbocycles. The Morgan fingerprint density at radius 1 is 1.08 bits per heavy atom. The number of nitrogens with one attached hydrogen (secondary N) is 1. The van der Waals surface area contributed by atoms with Gasteiger partial charge in [-0.2, -0.15) is 0 Å². The first-order chi connectivity index (χ1) is 18.1. The molecule has 8 nitrogen and oxygen atoms in total. The number of aliphatic hydroxyl groups is 1. The van der Waals surface area contributed by atoms with Gasteiger partial charge in [-0.15, -0.1) is 0 Å². The van der Waals surface area contributed by atoms with E-state index in [1.165, 1.54) is 13.0 Å². The Kier molecular flexibility index (Phi) is 5.57. The highest BCUT2D eigenvalue weighted by Gasteiger charge is 2.85. The van der Waals surface area contributed by atoms with Gasteiger partial charge in [0.2, 0.25) is 0 Å². The van der Waals surface area contributed by atoms with Crippen molar-refractivity contribution >= 4 is 5.97 Å². The molecule has 0 amide bonds. The Morgan fingerprint density at radius 3 is 2.53 bits per heavy atom. The molecular formula is C30H42N2O6. The van der Waals surface area contributed by atoms with E-state index in [0.29, 0.717) is 17.9 Å². The number of epoxide rings is 1. The van der Waals surface area contributed by atoms with E-state index in [1.54, 1.807) is 6.26 Å². The van der Waals surface area contributed by atoms with Crippen molar-refractivity contribution in [2.75, 3.05) is 26.2 Å². The van der Waals surface area contributed by atoms with E-state index >= 15 is 0 Å². The van der Waals surface area contributed by atoms with Crippen LogP contribution in [0.5, 0.6) is 0 Å². The van der Waals surface area contributed by atoms with Gasteiger partial charge < -0.3 is 24.3 Å². The summed E-state index contributed by atoms with van der Waals surface area (Å²) < 4.78 is 18.0. The summed E-state index contributed by atoms with van der Waals surface area (Å²) >= 11 is 0. The van der Waals surface area contributed by atoms with E-state index in [0.717, 1.165) is 76.7 Å². The highest BCUT2D eigenvalue weighted by molar-refractivity contribution is 5.66. The van der Waals surface area contributed by atoms with Crippen LogP contribution in [0.25, 0.3) is 0 Å². The minimum Gasteiger partial charge on any atom is -0.459 e. The van der Waals surface area contributed by atoms with Crippen LogP contribution in [0.15, 0.2) is 27.6 Å². The van der Waals surface area contributed by atoms with Crippen molar-refractivity contribution in [1.82, 2.24) is 10.2 Å². The summed E-state index contributed by atoms with van der Waals surface area (Å²) in [5.41, 5.74) is -0.910. The summed E-state index contributed by atoms with van der Waals surface area (Å²) in [6.45, 7) is 10.3. The Hall–Kier alpha value is -1.74. The number of esters is 1. The summed E-state index contributed by atoms with van der Waals surface area (Å²) in [6.07, 6.45) is 7.71. The van der Waals surface area contributed by atoms with Crippen molar-refractivity contribution in [3.05, 3.63) is 34.4 Å². The van der Waals surface area contributed by atoms with Gasteiger partial charge in [0.1, 0.15) is 17.8 Å². The molecule has 6 aliphatic rings. The fraction of sp³-hybridized carbons (Fsp3) is 0.800. The van der Waals surface area contributed by atoms with Crippen LogP contribution >= 0.6 is 0 Å². The van der Waals surface area contributed by atoms with Gasteiger partial charge in [0.15, 0.2) is 0 Å². The number of hydrogen-bond donors (Lipinski definition) is 2. The number of carbonyl (C=O) groups is 1. The number of hydrogen-bond acceptors (Lipinski definition) is 8. The SMILES string of the molecule is CC(=O)O[C@H]1[C@H]2O[C@]23[C@@H]2CC[C@]4(O)C[C@@H](N5CCNCC5)CC[C@]4(C)[C@H]2CC[C@]3(C)[C@H]1c1ccc(=O)oc1. The molecule has 208 valence electrons. The normalized spacial score (nSPS) is 49.8. The van der Waals surface area contributed by atoms with Gasteiger partial charge in [-0.1, -0.05) is 13.8 Å². The minimum absolute atomic E-state index is 0.0903. The minimum atomic E-state index is -0.660.